The predicted molar refractivity (Wildman–Crippen MR) is 88.5 cm³/mol. The maximum atomic E-state index is 14.9. The second kappa shape index (κ2) is 6.23. The number of ether oxygens (including phenoxy) is 1. The highest BCUT2D eigenvalue weighted by atomic mass is 19.3. The van der Waals surface area contributed by atoms with E-state index in [4.69, 9.17) is 4.74 Å². The molecular weight excluding hydrogens is 312 g/mol. The number of hydrogen-bond acceptors (Lipinski definition) is 4. The van der Waals surface area contributed by atoms with Gasteiger partial charge in [-0.05, 0) is 31.4 Å². The van der Waals surface area contributed by atoms with Crippen molar-refractivity contribution in [1.29, 1.82) is 0 Å². The number of anilines is 1. The highest BCUT2D eigenvalue weighted by Crippen LogP contribution is 2.50. The van der Waals surface area contributed by atoms with Gasteiger partial charge in [-0.25, -0.2) is 8.78 Å². The van der Waals surface area contributed by atoms with Gasteiger partial charge in [-0.2, -0.15) is 0 Å². The van der Waals surface area contributed by atoms with Crippen LogP contribution in [-0.4, -0.2) is 61.2 Å². The Balaban J connectivity index is 1.53. The molecule has 0 aliphatic carbocycles. The molecule has 0 unspecified atom stereocenters. The van der Waals surface area contributed by atoms with Crippen LogP contribution >= 0.6 is 0 Å². The normalized spacial score (nSPS) is 31.7. The summed E-state index contributed by atoms with van der Waals surface area (Å²) in [5, 5.41) is 0. The van der Waals surface area contributed by atoms with Crippen LogP contribution in [0.15, 0.2) is 24.5 Å². The third-order valence-electron chi connectivity index (χ3n) is 6.07. The number of likely N-dealkylation sites (tertiary alicyclic amines) is 1. The minimum Gasteiger partial charge on any atom is -0.381 e. The summed E-state index contributed by atoms with van der Waals surface area (Å²) in [6.07, 6.45) is 5.95. The zero-order chi connectivity index (χ0) is 16.6. The monoisotopic (exact) mass is 337 g/mol. The van der Waals surface area contributed by atoms with Crippen molar-refractivity contribution in [3.63, 3.8) is 0 Å². The zero-order valence-electron chi connectivity index (χ0n) is 14.0. The first-order chi connectivity index (χ1) is 11.6. The van der Waals surface area contributed by atoms with Gasteiger partial charge in [0.15, 0.2) is 0 Å². The van der Waals surface area contributed by atoms with E-state index in [0.717, 1.165) is 31.7 Å². The van der Waals surface area contributed by atoms with Crippen molar-refractivity contribution >= 4 is 5.69 Å². The number of nitrogens with zero attached hydrogens (tertiary/aromatic N) is 3. The Labute approximate surface area is 141 Å². The third kappa shape index (κ3) is 2.80. The fraction of sp³-hybridized carbons (Fsp3) is 0.722. The smallest absolute Gasteiger partial charge is 0.257 e. The molecule has 1 spiro atoms. The zero-order valence-corrected chi connectivity index (χ0v) is 14.0. The van der Waals surface area contributed by atoms with E-state index < -0.39 is 11.3 Å². The molecule has 0 aromatic carbocycles. The van der Waals surface area contributed by atoms with Crippen molar-refractivity contribution in [1.82, 2.24) is 9.88 Å². The lowest BCUT2D eigenvalue weighted by molar-refractivity contribution is -0.167. The number of pyridine rings is 1. The minimum absolute atomic E-state index is 0.0226. The topological polar surface area (TPSA) is 28.6 Å². The van der Waals surface area contributed by atoms with Crippen LogP contribution in [0.3, 0.4) is 0 Å². The van der Waals surface area contributed by atoms with Crippen LogP contribution in [0.5, 0.6) is 0 Å². The molecule has 0 bridgehead atoms. The molecule has 3 fully saturated rings. The van der Waals surface area contributed by atoms with Gasteiger partial charge in [-0.15, -0.1) is 0 Å². The maximum Gasteiger partial charge on any atom is 0.257 e. The SMILES string of the molecule is FC1(F)CCN(C2CCOCC2)C[C@@]12CCN(c1cccnc1)C2. The lowest BCUT2D eigenvalue weighted by Crippen LogP contribution is -2.59. The summed E-state index contributed by atoms with van der Waals surface area (Å²) in [5.41, 5.74) is 0.0210. The molecule has 0 N–H and O–H groups in total. The molecule has 3 aliphatic heterocycles. The molecule has 6 heteroatoms. The van der Waals surface area contributed by atoms with E-state index in [0.29, 0.717) is 38.6 Å². The van der Waals surface area contributed by atoms with E-state index in [1.54, 1.807) is 12.4 Å². The number of aromatic nitrogens is 1. The second-order valence-electron chi connectivity index (χ2n) is 7.43. The lowest BCUT2D eigenvalue weighted by Gasteiger charge is -2.49. The quantitative estimate of drug-likeness (QED) is 0.830. The van der Waals surface area contributed by atoms with Crippen LogP contribution in [0.1, 0.15) is 25.7 Å². The first kappa shape index (κ1) is 16.2. The van der Waals surface area contributed by atoms with Gasteiger partial charge in [0.2, 0.25) is 0 Å². The Morgan fingerprint density at radius 1 is 1.12 bits per heavy atom. The van der Waals surface area contributed by atoms with Gasteiger partial charge in [0.1, 0.15) is 0 Å². The Bertz CT molecular complexity index is 565. The van der Waals surface area contributed by atoms with E-state index in [2.05, 4.69) is 14.8 Å². The first-order valence-electron chi connectivity index (χ1n) is 8.94. The van der Waals surface area contributed by atoms with Crippen LogP contribution < -0.4 is 4.90 Å². The molecule has 4 nitrogen and oxygen atoms in total. The fourth-order valence-electron chi connectivity index (χ4n) is 4.56. The highest BCUT2D eigenvalue weighted by Gasteiger charge is 2.59. The van der Waals surface area contributed by atoms with E-state index in [1.165, 1.54) is 0 Å². The molecule has 1 atom stereocenters. The molecule has 4 rings (SSSR count). The highest BCUT2D eigenvalue weighted by molar-refractivity contribution is 5.45. The second-order valence-corrected chi connectivity index (χ2v) is 7.43. The fourth-order valence-corrected chi connectivity index (χ4v) is 4.56. The van der Waals surface area contributed by atoms with Gasteiger partial charge < -0.3 is 9.64 Å². The van der Waals surface area contributed by atoms with Crippen molar-refractivity contribution in [3.8, 4) is 0 Å². The molecule has 1 aromatic heterocycles. The average Bonchev–Trinajstić information content (AvgIpc) is 3.05. The van der Waals surface area contributed by atoms with Crippen molar-refractivity contribution in [2.24, 2.45) is 5.41 Å². The summed E-state index contributed by atoms with van der Waals surface area (Å²) < 4.78 is 35.2. The van der Waals surface area contributed by atoms with Crippen molar-refractivity contribution in [3.05, 3.63) is 24.5 Å². The summed E-state index contributed by atoms with van der Waals surface area (Å²) >= 11 is 0. The molecule has 4 heterocycles. The van der Waals surface area contributed by atoms with E-state index in [9.17, 15) is 8.78 Å². The summed E-state index contributed by atoms with van der Waals surface area (Å²) in [5.74, 6) is -2.59. The molecule has 132 valence electrons. The molecule has 0 radical (unpaired) electrons. The van der Waals surface area contributed by atoms with Gasteiger partial charge in [-0.1, -0.05) is 0 Å². The van der Waals surface area contributed by atoms with Gasteiger partial charge >= 0.3 is 0 Å². The van der Waals surface area contributed by atoms with Gasteiger partial charge in [0, 0.05) is 58.1 Å². The Kier molecular flexibility index (Phi) is 4.21. The van der Waals surface area contributed by atoms with E-state index in [1.807, 2.05) is 12.1 Å². The van der Waals surface area contributed by atoms with Gasteiger partial charge in [-0.3, -0.25) is 9.88 Å². The van der Waals surface area contributed by atoms with Crippen LogP contribution in [0.4, 0.5) is 14.5 Å². The Morgan fingerprint density at radius 2 is 1.96 bits per heavy atom. The van der Waals surface area contributed by atoms with Crippen LogP contribution in [0, 0.1) is 5.41 Å². The number of alkyl halides is 2. The van der Waals surface area contributed by atoms with Crippen LogP contribution in [-0.2, 0) is 4.74 Å². The predicted octanol–water partition coefficient (Wildman–Crippen LogP) is 2.80. The molecule has 0 amide bonds. The summed E-state index contributed by atoms with van der Waals surface area (Å²) in [6.45, 7) is 3.63. The summed E-state index contributed by atoms with van der Waals surface area (Å²) in [7, 11) is 0. The molecule has 0 saturated carbocycles. The van der Waals surface area contributed by atoms with Crippen molar-refractivity contribution in [2.45, 2.75) is 37.6 Å². The largest absolute Gasteiger partial charge is 0.381 e. The van der Waals surface area contributed by atoms with E-state index in [-0.39, 0.29) is 6.42 Å². The standard InChI is InChI=1S/C18H25F2N3O/c19-18(20)6-9-22(15-3-10-24-11-4-15)13-17(18)5-8-23(14-17)16-2-1-7-21-12-16/h1-2,7,12,15H,3-6,8-11,13-14H2/t17-/m1/s1. The van der Waals surface area contributed by atoms with Crippen molar-refractivity contribution < 1.29 is 13.5 Å². The minimum atomic E-state index is -2.59. The number of piperidine rings is 1. The summed E-state index contributed by atoms with van der Waals surface area (Å²) in [6, 6.07) is 4.23. The number of rotatable bonds is 2. The first-order valence-corrected chi connectivity index (χ1v) is 8.94. The maximum absolute atomic E-state index is 14.9. The number of halogens is 2. The lowest BCUT2D eigenvalue weighted by atomic mass is 9.75. The summed E-state index contributed by atoms with van der Waals surface area (Å²) in [4.78, 5) is 8.52. The van der Waals surface area contributed by atoms with E-state index >= 15 is 0 Å². The molecule has 3 saturated heterocycles. The number of hydrogen-bond donors (Lipinski definition) is 0. The van der Waals surface area contributed by atoms with Gasteiger partial charge in [0.05, 0.1) is 17.3 Å². The Morgan fingerprint density at radius 3 is 2.71 bits per heavy atom. The molecule has 3 aliphatic rings. The Hall–Kier alpha value is -1.27. The molecule has 1 aromatic rings. The van der Waals surface area contributed by atoms with Crippen LogP contribution in [0.25, 0.3) is 0 Å². The van der Waals surface area contributed by atoms with Gasteiger partial charge in [0.25, 0.3) is 5.92 Å². The molecule has 24 heavy (non-hydrogen) atoms. The molecular formula is C18H25F2N3O. The third-order valence-corrected chi connectivity index (χ3v) is 6.07. The van der Waals surface area contributed by atoms with Crippen molar-refractivity contribution in [2.75, 3.05) is 44.3 Å². The average molecular weight is 337 g/mol. The van der Waals surface area contributed by atoms with Crippen LogP contribution in [0.2, 0.25) is 0 Å².